The summed E-state index contributed by atoms with van der Waals surface area (Å²) in [6.45, 7) is 1.79. The van der Waals surface area contributed by atoms with Gasteiger partial charge in [0.1, 0.15) is 36.5 Å². The van der Waals surface area contributed by atoms with E-state index in [0.717, 1.165) is 47.3 Å². The number of cyclic esters (lactones) is 1. The average molecular weight is 999 g/mol. The minimum absolute atomic E-state index is 0.0669. The Morgan fingerprint density at radius 3 is 2.30 bits per heavy atom. The Hall–Kier alpha value is -7.48. The highest BCUT2D eigenvalue weighted by Gasteiger charge is 2.76. The third-order valence-electron chi connectivity index (χ3n) is 15.2. The molecule has 15 nitrogen and oxygen atoms in total. The number of amides is 3. The van der Waals surface area contributed by atoms with E-state index in [-0.39, 0.29) is 52.0 Å². The van der Waals surface area contributed by atoms with Crippen LogP contribution in [0.2, 0.25) is 0 Å². The number of carbonyl (C=O) groups excluding carboxylic acids is 4. The number of fused-ring (bicyclic) bond motifs is 4. The van der Waals surface area contributed by atoms with E-state index in [1.807, 2.05) is 102 Å². The van der Waals surface area contributed by atoms with Crippen LogP contribution >= 0.6 is 0 Å². The first-order chi connectivity index (χ1) is 36.3. The maximum absolute atomic E-state index is 16.8. The van der Waals surface area contributed by atoms with Gasteiger partial charge in [-0.1, -0.05) is 103 Å². The van der Waals surface area contributed by atoms with Crippen LogP contribution in [0.5, 0.6) is 17.2 Å². The van der Waals surface area contributed by atoms with E-state index in [0.29, 0.717) is 59.1 Å². The SMILES string of the molecule is COCCOC(=O)N1C(=O)[C@@]2(c3cc(C#CC4=CCCCC4)ccc31)[C@H](C(=O)N1CCN(Cc3ccc4c(c3)OCO4)CC1)[C@H]1C(=O)O[C@H](c3ccccc3)[C@H](c3ccccc3)N1[C@@H]2c1ccccc1OCCO. The van der Waals surface area contributed by atoms with Gasteiger partial charge >= 0.3 is 12.1 Å². The average Bonchev–Trinajstić information content (AvgIpc) is 4.25. The number of hydrogen-bond acceptors (Lipinski definition) is 13. The monoisotopic (exact) mass is 998 g/mol. The summed E-state index contributed by atoms with van der Waals surface area (Å²) >= 11 is 0. The zero-order valence-corrected chi connectivity index (χ0v) is 41.2. The lowest BCUT2D eigenvalue weighted by molar-refractivity contribution is -0.179. The van der Waals surface area contributed by atoms with E-state index in [9.17, 15) is 9.90 Å². The van der Waals surface area contributed by atoms with Gasteiger partial charge in [0.05, 0.1) is 36.9 Å². The highest BCUT2D eigenvalue weighted by Crippen LogP contribution is 2.67. The van der Waals surface area contributed by atoms with Crippen LogP contribution in [-0.2, 0) is 40.6 Å². The molecule has 0 bridgehead atoms. The fourth-order valence-corrected chi connectivity index (χ4v) is 11.9. The van der Waals surface area contributed by atoms with Crippen LogP contribution in [0.4, 0.5) is 10.5 Å². The number of allylic oxidation sites excluding steroid dienone is 2. The van der Waals surface area contributed by atoms with Crippen molar-refractivity contribution in [2.75, 3.05) is 71.4 Å². The van der Waals surface area contributed by atoms with Crippen LogP contribution in [-0.4, -0.2) is 116 Å². The van der Waals surface area contributed by atoms with Gasteiger partial charge in [-0.25, -0.2) is 9.69 Å². The van der Waals surface area contributed by atoms with Crippen molar-refractivity contribution in [2.24, 2.45) is 5.92 Å². The lowest BCUT2D eigenvalue weighted by Gasteiger charge is -2.46. The lowest BCUT2D eigenvalue weighted by Crippen LogP contribution is -2.59. The van der Waals surface area contributed by atoms with Gasteiger partial charge in [-0.2, -0.15) is 0 Å². The Morgan fingerprint density at radius 1 is 0.784 bits per heavy atom. The maximum atomic E-state index is 16.8. The normalized spacial score (nSPS) is 24.1. The van der Waals surface area contributed by atoms with Gasteiger partial charge in [-0.05, 0) is 89.9 Å². The Bertz CT molecular complexity index is 3020. The number of esters is 1. The summed E-state index contributed by atoms with van der Waals surface area (Å²) in [6, 6.07) is 34.1. The number of ether oxygens (including phenoxy) is 6. The summed E-state index contributed by atoms with van der Waals surface area (Å²) in [5.41, 5.74) is 3.03. The van der Waals surface area contributed by atoms with E-state index in [4.69, 9.17) is 28.4 Å². The second-order valence-corrected chi connectivity index (χ2v) is 19.4. The number of morpholine rings is 1. The second kappa shape index (κ2) is 21.2. The molecule has 380 valence electrons. The lowest BCUT2D eigenvalue weighted by atomic mass is 9.64. The van der Waals surface area contributed by atoms with E-state index >= 15 is 14.4 Å². The number of anilines is 1. The van der Waals surface area contributed by atoms with Gasteiger partial charge in [0.15, 0.2) is 11.5 Å². The summed E-state index contributed by atoms with van der Waals surface area (Å²) in [7, 11) is 1.49. The van der Waals surface area contributed by atoms with Gasteiger partial charge in [0, 0.05) is 51.0 Å². The second-order valence-electron chi connectivity index (χ2n) is 19.4. The predicted octanol–water partition coefficient (Wildman–Crippen LogP) is 7.43. The van der Waals surface area contributed by atoms with Gasteiger partial charge in [-0.3, -0.25) is 24.2 Å². The molecule has 0 unspecified atom stereocenters. The number of benzene rings is 5. The summed E-state index contributed by atoms with van der Waals surface area (Å²) in [5.74, 6) is 5.08. The van der Waals surface area contributed by atoms with Gasteiger partial charge in [0.2, 0.25) is 18.6 Å². The molecular weight excluding hydrogens is 941 g/mol. The molecule has 6 atom stereocenters. The molecule has 1 aliphatic carbocycles. The molecule has 11 rings (SSSR count). The zero-order valence-electron chi connectivity index (χ0n) is 41.2. The van der Waals surface area contributed by atoms with Crippen LogP contribution in [0, 0.1) is 17.8 Å². The number of aliphatic hydroxyl groups is 1. The predicted molar refractivity (Wildman–Crippen MR) is 272 cm³/mol. The van der Waals surface area contributed by atoms with Crippen molar-refractivity contribution in [3.8, 4) is 29.1 Å². The van der Waals surface area contributed by atoms with Crippen LogP contribution in [0.25, 0.3) is 0 Å². The minimum atomic E-state index is -2.04. The van der Waals surface area contributed by atoms with Crippen molar-refractivity contribution in [3.63, 3.8) is 0 Å². The first-order valence-electron chi connectivity index (χ1n) is 25.5. The number of para-hydroxylation sites is 1. The molecular formula is C59H58N4O11. The number of imide groups is 1. The van der Waals surface area contributed by atoms with Crippen LogP contribution in [0.15, 0.2) is 133 Å². The van der Waals surface area contributed by atoms with E-state index < -0.39 is 59.4 Å². The first kappa shape index (κ1) is 48.8. The van der Waals surface area contributed by atoms with Gasteiger partial charge in [0.25, 0.3) is 0 Å². The van der Waals surface area contributed by atoms with E-state index in [2.05, 4.69) is 22.8 Å². The molecule has 1 spiro atoms. The molecule has 5 heterocycles. The number of nitrogens with zero attached hydrogens (tertiary/aromatic N) is 4. The topological polar surface area (TPSA) is 157 Å². The zero-order chi connectivity index (χ0) is 50.8. The number of carbonyl (C=O) groups is 4. The Kier molecular flexibility index (Phi) is 13.9. The van der Waals surface area contributed by atoms with Crippen molar-refractivity contribution in [1.82, 2.24) is 14.7 Å². The highest BCUT2D eigenvalue weighted by molar-refractivity contribution is 6.23. The quantitative estimate of drug-likeness (QED) is 0.0749. The Labute approximate surface area is 430 Å². The Balaban J connectivity index is 1.13. The molecule has 0 radical (unpaired) electrons. The number of rotatable bonds is 12. The largest absolute Gasteiger partial charge is 0.491 e. The molecule has 5 aliphatic heterocycles. The molecule has 5 aromatic carbocycles. The number of piperazine rings is 1. The molecule has 5 aromatic rings. The fourth-order valence-electron chi connectivity index (χ4n) is 11.9. The molecule has 3 amide bonds. The first-order valence-corrected chi connectivity index (χ1v) is 25.5. The summed E-state index contributed by atoms with van der Waals surface area (Å²) < 4.78 is 35.4. The molecule has 6 aliphatic rings. The molecule has 3 fully saturated rings. The molecule has 0 aromatic heterocycles. The van der Waals surface area contributed by atoms with Crippen molar-refractivity contribution in [2.45, 2.75) is 61.9 Å². The highest BCUT2D eigenvalue weighted by atomic mass is 16.7. The third-order valence-corrected chi connectivity index (χ3v) is 15.2. The summed E-state index contributed by atoms with van der Waals surface area (Å²) in [5, 5.41) is 10.2. The number of hydrogen-bond donors (Lipinski definition) is 1. The smallest absolute Gasteiger partial charge is 0.421 e. The number of aliphatic hydroxyl groups excluding tert-OH is 1. The molecule has 1 N–H and O–H groups in total. The van der Waals surface area contributed by atoms with Crippen LogP contribution in [0.1, 0.15) is 77.3 Å². The van der Waals surface area contributed by atoms with Crippen molar-refractivity contribution in [3.05, 3.63) is 166 Å². The van der Waals surface area contributed by atoms with Gasteiger partial charge in [-0.15, -0.1) is 0 Å². The van der Waals surface area contributed by atoms with Gasteiger partial charge < -0.3 is 38.4 Å². The molecule has 74 heavy (non-hydrogen) atoms. The van der Waals surface area contributed by atoms with Crippen molar-refractivity contribution in [1.29, 1.82) is 0 Å². The summed E-state index contributed by atoms with van der Waals surface area (Å²) in [6.07, 6.45) is 4.17. The molecule has 3 saturated heterocycles. The standard InChI is InChI=1S/C59H58N4O11/c1-69-33-34-71-58(68)62-46-25-23-40(22-21-39-13-5-2-6-14-39)35-45(46)59(57(62)67)50(55(65)61-29-27-60(28-30-61)37-41-24-26-48-49(36-41)73-38-72-48)52-56(66)74-53(43-17-9-4-10-18-43)51(42-15-7-3-8-16-42)63(52)54(59)44-19-11-12-20-47(44)70-32-31-64/h3-4,7-13,15-20,23-26,35-36,50-54,64H,2,5-6,14,27-34,37-38H2,1H3/t50-,51-,52-,53+,54+,59-/m0/s1. The minimum Gasteiger partial charge on any atom is -0.491 e. The fraction of sp³-hybridized carbons (Fsp3) is 0.356. The third kappa shape index (κ3) is 8.85. The van der Waals surface area contributed by atoms with Crippen LogP contribution < -0.4 is 19.1 Å². The maximum Gasteiger partial charge on any atom is 0.421 e. The van der Waals surface area contributed by atoms with Crippen LogP contribution in [0.3, 0.4) is 0 Å². The van der Waals surface area contributed by atoms with Crippen molar-refractivity contribution < 1.29 is 52.7 Å². The van der Waals surface area contributed by atoms with Crippen molar-refractivity contribution >= 4 is 29.6 Å². The Morgan fingerprint density at radius 2 is 1.54 bits per heavy atom. The van der Waals surface area contributed by atoms with E-state index in [1.54, 1.807) is 29.2 Å². The molecule has 15 heteroatoms. The number of methoxy groups -OCH3 is 1. The summed E-state index contributed by atoms with van der Waals surface area (Å²) in [4.78, 5) is 70.7. The van der Waals surface area contributed by atoms with E-state index in [1.165, 1.54) is 7.11 Å². The molecule has 0 saturated carbocycles.